The number of aryl methyl sites for hydroxylation is 2. The summed E-state index contributed by atoms with van der Waals surface area (Å²) in [5.74, 6) is 0.755. The second-order valence-corrected chi connectivity index (χ2v) is 3.18. The van der Waals surface area contributed by atoms with Gasteiger partial charge in [-0.2, -0.15) is 5.10 Å². The molecule has 0 atom stereocenters. The first-order valence-corrected chi connectivity index (χ1v) is 4.44. The van der Waals surface area contributed by atoms with Crippen LogP contribution in [0.25, 0.3) is 11.0 Å². The Kier molecular flexibility index (Phi) is 1.92. The second-order valence-electron chi connectivity index (χ2n) is 2.82. The highest BCUT2D eigenvalue weighted by atomic mass is 35.5. The molecule has 4 nitrogen and oxygen atoms in total. The van der Waals surface area contributed by atoms with E-state index in [-0.39, 0.29) is 0 Å². The normalized spacial score (nSPS) is 11.0. The van der Waals surface area contributed by atoms with Gasteiger partial charge in [-0.3, -0.25) is 4.68 Å². The van der Waals surface area contributed by atoms with E-state index in [0.717, 1.165) is 17.8 Å². The number of rotatable bonds is 1. The average Bonchev–Trinajstić information content (AvgIpc) is 2.46. The molecule has 13 heavy (non-hydrogen) atoms. The predicted octanol–water partition coefficient (Wildman–Crippen LogP) is 1.58. The Morgan fingerprint density at radius 2 is 2.23 bits per heavy atom. The molecule has 0 bridgehead atoms. The molecule has 0 saturated carbocycles. The van der Waals surface area contributed by atoms with Crippen LogP contribution in [-0.4, -0.2) is 19.7 Å². The molecule has 0 aromatic carbocycles. The third kappa shape index (κ3) is 1.37. The highest BCUT2D eigenvalue weighted by Gasteiger charge is 2.07. The number of fused-ring (bicyclic) bond motifs is 1. The molecule has 2 aromatic rings. The van der Waals surface area contributed by atoms with Gasteiger partial charge in [0.05, 0.1) is 6.20 Å². The minimum Gasteiger partial charge on any atom is -0.273 e. The lowest BCUT2D eigenvalue weighted by Crippen LogP contribution is -1.93. The number of hydrogen-bond acceptors (Lipinski definition) is 3. The highest BCUT2D eigenvalue weighted by Crippen LogP contribution is 2.17. The molecule has 5 heteroatoms. The molecule has 0 aliphatic carbocycles. The number of halogens is 1. The van der Waals surface area contributed by atoms with Crippen molar-refractivity contribution in [2.75, 3.05) is 0 Å². The predicted molar refractivity (Wildman–Crippen MR) is 50.7 cm³/mol. The van der Waals surface area contributed by atoms with Crippen molar-refractivity contribution in [3.05, 3.63) is 17.2 Å². The van der Waals surface area contributed by atoms with E-state index >= 15 is 0 Å². The smallest absolute Gasteiger partial charge is 0.160 e. The first-order valence-electron chi connectivity index (χ1n) is 4.06. The van der Waals surface area contributed by atoms with Gasteiger partial charge in [0.2, 0.25) is 0 Å². The summed E-state index contributed by atoms with van der Waals surface area (Å²) in [4.78, 5) is 8.41. The summed E-state index contributed by atoms with van der Waals surface area (Å²) in [6, 6.07) is 0. The summed E-state index contributed by atoms with van der Waals surface area (Å²) in [5.41, 5.74) is 1.47. The van der Waals surface area contributed by atoms with Crippen LogP contribution >= 0.6 is 11.6 Å². The van der Waals surface area contributed by atoms with Crippen molar-refractivity contribution in [2.24, 2.45) is 7.05 Å². The van der Waals surface area contributed by atoms with Crippen molar-refractivity contribution < 1.29 is 0 Å². The van der Waals surface area contributed by atoms with E-state index < -0.39 is 0 Å². The summed E-state index contributed by atoms with van der Waals surface area (Å²) in [7, 11) is 1.84. The van der Waals surface area contributed by atoms with Gasteiger partial charge in [0.15, 0.2) is 5.15 Å². The van der Waals surface area contributed by atoms with Crippen molar-refractivity contribution in [1.29, 1.82) is 0 Å². The minimum absolute atomic E-state index is 0.433. The molecule has 2 rings (SSSR count). The topological polar surface area (TPSA) is 43.6 Å². The SMILES string of the molecule is CCc1nc(Cl)c2nn(C)cc2n1. The molecule has 0 radical (unpaired) electrons. The molecule has 0 saturated heterocycles. The van der Waals surface area contributed by atoms with E-state index in [1.54, 1.807) is 4.68 Å². The van der Waals surface area contributed by atoms with Gasteiger partial charge in [-0.1, -0.05) is 18.5 Å². The molecular weight excluding hydrogens is 188 g/mol. The molecule has 0 unspecified atom stereocenters. The van der Waals surface area contributed by atoms with E-state index in [2.05, 4.69) is 15.1 Å². The summed E-state index contributed by atoms with van der Waals surface area (Å²) in [5, 5.41) is 4.58. The summed E-state index contributed by atoms with van der Waals surface area (Å²) < 4.78 is 1.69. The van der Waals surface area contributed by atoms with Crippen molar-refractivity contribution in [1.82, 2.24) is 19.7 Å². The van der Waals surface area contributed by atoms with Gasteiger partial charge >= 0.3 is 0 Å². The highest BCUT2D eigenvalue weighted by molar-refractivity contribution is 6.33. The summed E-state index contributed by atoms with van der Waals surface area (Å²) >= 11 is 5.93. The first kappa shape index (κ1) is 8.44. The zero-order valence-corrected chi connectivity index (χ0v) is 8.21. The van der Waals surface area contributed by atoms with E-state index in [1.165, 1.54) is 0 Å². The largest absolute Gasteiger partial charge is 0.273 e. The molecule has 0 spiro atoms. The lowest BCUT2D eigenvalue weighted by atomic mass is 10.4. The van der Waals surface area contributed by atoms with Crippen molar-refractivity contribution in [3.63, 3.8) is 0 Å². The van der Waals surface area contributed by atoms with E-state index in [9.17, 15) is 0 Å². The molecule has 0 fully saturated rings. The van der Waals surface area contributed by atoms with Gasteiger partial charge in [-0.15, -0.1) is 0 Å². The Balaban J connectivity index is 2.75. The molecular formula is C8H9ClN4. The van der Waals surface area contributed by atoms with Crippen LogP contribution in [0.5, 0.6) is 0 Å². The molecule has 68 valence electrons. The fraction of sp³-hybridized carbons (Fsp3) is 0.375. The van der Waals surface area contributed by atoms with Gasteiger partial charge in [-0.25, -0.2) is 9.97 Å². The van der Waals surface area contributed by atoms with E-state index in [0.29, 0.717) is 10.7 Å². The monoisotopic (exact) mass is 196 g/mol. The summed E-state index contributed by atoms with van der Waals surface area (Å²) in [6.45, 7) is 1.99. The average molecular weight is 197 g/mol. The van der Waals surface area contributed by atoms with Crippen molar-refractivity contribution in [3.8, 4) is 0 Å². The lowest BCUT2D eigenvalue weighted by Gasteiger charge is -1.95. The quantitative estimate of drug-likeness (QED) is 0.651. The van der Waals surface area contributed by atoms with Crippen LogP contribution in [0.3, 0.4) is 0 Å². The zero-order valence-electron chi connectivity index (χ0n) is 7.45. The number of nitrogens with zero attached hydrogens (tertiary/aromatic N) is 4. The fourth-order valence-corrected chi connectivity index (χ4v) is 1.43. The van der Waals surface area contributed by atoms with Gasteiger partial charge < -0.3 is 0 Å². The maximum Gasteiger partial charge on any atom is 0.160 e. The molecule has 2 aromatic heterocycles. The Morgan fingerprint density at radius 1 is 1.46 bits per heavy atom. The van der Waals surface area contributed by atoms with Crippen LogP contribution in [0.15, 0.2) is 6.20 Å². The second kappa shape index (κ2) is 2.96. The Labute approximate surface area is 80.6 Å². The van der Waals surface area contributed by atoms with Crippen LogP contribution in [0, 0.1) is 0 Å². The lowest BCUT2D eigenvalue weighted by molar-refractivity contribution is 0.779. The van der Waals surface area contributed by atoms with Crippen LogP contribution < -0.4 is 0 Å². The fourth-order valence-electron chi connectivity index (χ4n) is 1.19. The molecule has 0 aliphatic heterocycles. The maximum atomic E-state index is 5.93. The molecule has 0 amide bonds. The Bertz CT molecular complexity index is 449. The van der Waals surface area contributed by atoms with Gasteiger partial charge in [0, 0.05) is 13.5 Å². The van der Waals surface area contributed by atoms with Crippen LogP contribution in [0.4, 0.5) is 0 Å². The van der Waals surface area contributed by atoms with E-state index in [4.69, 9.17) is 11.6 Å². The van der Waals surface area contributed by atoms with Crippen LogP contribution in [-0.2, 0) is 13.5 Å². The Hall–Kier alpha value is -1.16. The number of aromatic nitrogens is 4. The summed E-state index contributed by atoms with van der Waals surface area (Å²) in [6.07, 6.45) is 2.62. The van der Waals surface area contributed by atoms with Crippen LogP contribution in [0.1, 0.15) is 12.7 Å². The van der Waals surface area contributed by atoms with Gasteiger partial charge in [0.1, 0.15) is 16.9 Å². The third-order valence-corrected chi connectivity index (χ3v) is 2.06. The zero-order chi connectivity index (χ0) is 9.42. The van der Waals surface area contributed by atoms with Gasteiger partial charge in [-0.05, 0) is 0 Å². The number of hydrogen-bond donors (Lipinski definition) is 0. The van der Waals surface area contributed by atoms with Gasteiger partial charge in [0.25, 0.3) is 0 Å². The first-order chi connectivity index (χ1) is 6.20. The van der Waals surface area contributed by atoms with Crippen molar-refractivity contribution >= 4 is 22.6 Å². The standard InChI is InChI=1S/C8H9ClN4/c1-3-6-10-5-4-13(2)12-7(5)8(9)11-6/h4H,3H2,1-2H3. The molecule has 0 aliphatic rings. The van der Waals surface area contributed by atoms with E-state index in [1.807, 2.05) is 20.2 Å². The van der Waals surface area contributed by atoms with Crippen LogP contribution in [0.2, 0.25) is 5.15 Å². The maximum absolute atomic E-state index is 5.93. The third-order valence-electron chi connectivity index (χ3n) is 1.80. The molecule has 0 N–H and O–H groups in total. The Morgan fingerprint density at radius 3 is 2.92 bits per heavy atom. The molecule has 2 heterocycles. The minimum atomic E-state index is 0.433. The van der Waals surface area contributed by atoms with Crippen molar-refractivity contribution in [2.45, 2.75) is 13.3 Å².